The first-order valence-electron chi connectivity index (χ1n) is 11.5. The predicted octanol–water partition coefficient (Wildman–Crippen LogP) is 7.67. The highest BCUT2D eigenvalue weighted by molar-refractivity contribution is 6.02. The van der Waals surface area contributed by atoms with Crippen molar-refractivity contribution in [3.8, 4) is 5.75 Å². The molecule has 2 rings (SSSR count). The average molecular weight is 434 g/mol. The van der Waals surface area contributed by atoms with Crippen molar-refractivity contribution in [1.82, 2.24) is 0 Å². The fraction of sp³-hybridized carbons (Fsp3) is 0.414. The lowest BCUT2D eigenvalue weighted by Crippen LogP contribution is -2.35. The van der Waals surface area contributed by atoms with Gasteiger partial charge in [-0.3, -0.25) is 4.79 Å². The van der Waals surface area contributed by atoms with E-state index in [9.17, 15) is 9.90 Å². The van der Waals surface area contributed by atoms with Gasteiger partial charge >= 0.3 is 0 Å². The molecule has 0 saturated heterocycles. The number of rotatable bonds is 7. The van der Waals surface area contributed by atoms with Gasteiger partial charge in [0.15, 0.2) is 0 Å². The molecule has 1 aromatic rings. The molecule has 0 aliphatic heterocycles. The molecular weight excluding hydrogens is 394 g/mol. The van der Waals surface area contributed by atoms with Crippen molar-refractivity contribution < 1.29 is 9.90 Å². The standard InChI is InChI=1S/C29H39NO2/c1-21(2)30(25-14-16-26(31)17-15-25)28(32)20-23(4)11-8-10-22(3)13-18-27-24(5)12-9-19-29(27,6)7/h8,10-11,13-18,20-21,31H,9,12,19H2,1-7H3/b11-8+,18-13+,22-10+,23-20+. The zero-order chi connectivity index (χ0) is 23.9. The van der Waals surface area contributed by atoms with Crippen molar-refractivity contribution in [2.24, 2.45) is 5.41 Å². The van der Waals surface area contributed by atoms with Crippen LogP contribution in [0.15, 0.2) is 83.0 Å². The van der Waals surface area contributed by atoms with Crippen LogP contribution in [-0.2, 0) is 4.79 Å². The lowest BCUT2D eigenvalue weighted by Gasteiger charge is -2.32. The first kappa shape index (κ1) is 25.5. The molecule has 0 saturated carbocycles. The average Bonchev–Trinajstić information content (AvgIpc) is 2.68. The van der Waals surface area contributed by atoms with Crippen LogP contribution in [0.2, 0.25) is 0 Å². The molecule has 3 nitrogen and oxygen atoms in total. The fourth-order valence-electron chi connectivity index (χ4n) is 4.24. The van der Waals surface area contributed by atoms with Crippen LogP contribution >= 0.6 is 0 Å². The van der Waals surface area contributed by atoms with Gasteiger partial charge in [0.2, 0.25) is 0 Å². The maximum atomic E-state index is 12.9. The molecular formula is C29H39NO2. The topological polar surface area (TPSA) is 40.5 Å². The predicted molar refractivity (Wildman–Crippen MR) is 137 cm³/mol. The van der Waals surface area contributed by atoms with Crippen molar-refractivity contribution in [2.45, 2.75) is 73.8 Å². The summed E-state index contributed by atoms with van der Waals surface area (Å²) in [5.41, 5.74) is 6.04. The van der Waals surface area contributed by atoms with Crippen molar-refractivity contribution in [1.29, 1.82) is 0 Å². The summed E-state index contributed by atoms with van der Waals surface area (Å²) in [6.45, 7) is 14.9. The number of carbonyl (C=O) groups is 1. The van der Waals surface area contributed by atoms with E-state index in [1.54, 1.807) is 35.2 Å². The number of hydrogen-bond donors (Lipinski definition) is 1. The molecule has 0 heterocycles. The second-order valence-electron chi connectivity index (χ2n) is 9.74. The van der Waals surface area contributed by atoms with E-state index in [-0.39, 0.29) is 23.1 Å². The lowest BCUT2D eigenvalue weighted by molar-refractivity contribution is -0.114. The summed E-state index contributed by atoms with van der Waals surface area (Å²) in [5.74, 6) is 0.115. The van der Waals surface area contributed by atoms with Crippen molar-refractivity contribution >= 4 is 11.6 Å². The molecule has 1 amide bonds. The van der Waals surface area contributed by atoms with Crippen LogP contribution in [0, 0.1) is 5.41 Å². The lowest BCUT2D eigenvalue weighted by atomic mass is 9.72. The number of carbonyl (C=O) groups excluding carboxylic acids is 1. The van der Waals surface area contributed by atoms with Gasteiger partial charge in [0.05, 0.1) is 0 Å². The summed E-state index contributed by atoms with van der Waals surface area (Å²) in [6, 6.07) is 6.72. The molecule has 172 valence electrons. The summed E-state index contributed by atoms with van der Waals surface area (Å²) in [4.78, 5) is 14.6. The fourth-order valence-corrected chi connectivity index (χ4v) is 4.24. The number of allylic oxidation sites excluding steroid dienone is 9. The maximum absolute atomic E-state index is 12.9. The van der Waals surface area contributed by atoms with Gasteiger partial charge in [-0.2, -0.15) is 0 Å². The van der Waals surface area contributed by atoms with Crippen LogP contribution in [0.4, 0.5) is 5.69 Å². The zero-order valence-electron chi connectivity index (χ0n) is 20.8. The molecule has 0 aromatic heterocycles. The van der Waals surface area contributed by atoms with Gasteiger partial charge in [-0.1, -0.05) is 55.4 Å². The van der Waals surface area contributed by atoms with E-state index < -0.39 is 0 Å². The van der Waals surface area contributed by atoms with Gasteiger partial charge in [0, 0.05) is 17.8 Å². The SMILES string of the molecule is CC1=C(/C=C/C(C)=C/C=C/C(C)=C/C(=O)N(c2ccc(O)cc2)C(C)C)C(C)(C)CCC1. The highest BCUT2D eigenvalue weighted by Crippen LogP contribution is 2.40. The maximum Gasteiger partial charge on any atom is 0.251 e. The molecule has 0 atom stereocenters. The van der Waals surface area contributed by atoms with E-state index >= 15 is 0 Å². The Labute approximate surface area is 194 Å². The molecule has 32 heavy (non-hydrogen) atoms. The third-order valence-electron chi connectivity index (χ3n) is 6.01. The van der Waals surface area contributed by atoms with Crippen LogP contribution in [0.25, 0.3) is 0 Å². The van der Waals surface area contributed by atoms with Crippen LogP contribution in [-0.4, -0.2) is 17.1 Å². The Morgan fingerprint density at radius 3 is 2.34 bits per heavy atom. The summed E-state index contributed by atoms with van der Waals surface area (Å²) in [5, 5.41) is 9.52. The number of phenolic OH excluding ortho intramolecular Hbond substituents is 1. The van der Waals surface area contributed by atoms with Gasteiger partial charge in [-0.05, 0) is 94.7 Å². The Bertz CT molecular complexity index is 953. The third-order valence-corrected chi connectivity index (χ3v) is 6.01. The normalized spacial score (nSPS) is 17.6. The monoisotopic (exact) mass is 433 g/mol. The minimum absolute atomic E-state index is 0.00847. The number of anilines is 1. The molecule has 1 aliphatic rings. The largest absolute Gasteiger partial charge is 0.508 e. The number of aromatic hydroxyl groups is 1. The Morgan fingerprint density at radius 2 is 1.75 bits per heavy atom. The van der Waals surface area contributed by atoms with Crippen molar-refractivity contribution in [2.75, 3.05) is 4.90 Å². The number of phenols is 1. The molecule has 3 heteroatoms. The first-order valence-corrected chi connectivity index (χ1v) is 11.5. The van der Waals surface area contributed by atoms with Crippen LogP contribution in [0.1, 0.15) is 67.7 Å². The summed E-state index contributed by atoms with van der Waals surface area (Å²) < 4.78 is 0. The molecule has 1 aromatic carbocycles. The number of amides is 1. The van der Waals surface area contributed by atoms with Gasteiger partial charge in [0.1, 0.15) is 5.75 Å². The molecule has 1 aliphatic carbocycles. The summed E-state index contributed by atoms with van der Waals surface area (Å²) in [6.07, 6.45) is 15.9. The summed E-state index contributed by atoms with van der Waals surface area (Å²) >= 11 is 0. The van der Waals surface area contributed by atoms with Crippen molar-refractivity contribution in [3.63, 3.8) is 0 Å². The number of hydrogen-bond acceptors (Lipinski definition) is 2. The third kappa shape index (κ3) is 7.12. The highest BCUT2D eigenvalue weighted by atomic mass is 16.3. The molecule has 0 unspecified atom stereocenters. The first-order chi connectivity index (χ1) is 15.0. The Morgan fingerprint density at radius 1 is 1.09 bits per heavy atom. The van der Waals surface area contributed by atoms with Crippen LogP contribution < -0.4 is 4.90 Å². The Kier molecular flexibility index (Phi) is 8.89. The second kappa shape index (κ2) is 11.2. The van der Waals surface area contributed by atoms with Gasteiger partial charge in [-0.25, -0.2) is 0 Å². The number of benzene rings is 1. The molecule has 0 fully saturated rings. The quantitative estimate of drug-likeness (QED) is 0.354. The molecule has 0 radical (unpaired) electrons. The molecule has 0 spiro atoms. The van der Waals surface area contributed by atoms with E-state index in [0.29, 0.717) is 0 Å². The van der Waals surface area contributed by atoms with Crippen LogP contribution in [0.5, 0.6) is 5.75 Å². The number of nitrogens with zero attached hydrogens (tertiary/aromatic N) is 1. The minimum atomic E-state index is -0.0737. The second-order valence-corrected chi connectivity index (χ2v) is 9.74. The van der Waals surface area contributed by atoms with E-state index in [1.807, 2.05) is 32.9 Å². The van der Waals surface area contributed by atoms with Gasteiger partial charge < -0.3 is 10.0 Å². The van der Waals surface area contributed by atoms with Crippen LogP contribution in [0.3, 0.4) is 0 Å². The summed E-state index contributed by atoms with van der Waals surface area (Å²) in [7, 11) is 0. The van der Waals surface area contributed by atoms with E-state index in [0.717, 1.165) is 11.3 Å². The van der Waals surface area contributed by atoms with E-state index in [4.69, 9.17) is 0 Å². The molecule has 1 N–H and O–H groups in total. The highest BCUT2D eigenvalue weighted by Gasteiger charge is 2.26. The van der Waals surface area contributed by atoms with E-state index in [2.05, 4.69) is 45.9 Å². The zero-order valence-corrected chi connectivity index (χ0v) is 20.8. The molecule has 0 bridgehead atoms. The van der Waals surface area contributed by atoms with Gasteiger partial charge in [0.25, 0.3) is 5.91 Å². The van der Waals surface area contributed by atoms with Crippen molar-refractivity contribution in [3.05, 3.63) is 83.0 Å². The smallest absolute Gasteiger partial charge is 0.251 e. The Balaban J connectivity index is 2.09. The van der Waals surface area contributed by atoms with E-state index in [1.165, 1.54) is 36.0 Å². The minimum Gasteiger partial charge on any atom is -0.508 e. The van der Waals surface area contributed by atoms with Gasteiger partial charge in [-0.15, -0.1) is 0 Å². The Hall–Kier alpha value is -2.81.